The number of ether oxygens (including phenoxy) is 2. The Morgan fingerprint density at radius 2 is 2.10 bits per heavy atom. The molecule has 1 aliphatic rings. The van der Waals surface area contributed by atoms with Crippen molar-refractivity contribution in [3.8, 4) is 5.88 Å². The van der Waals surface area contributed by atoms with Crippen LogP contribution in [0.25, 0.3) is 10.9 Å². The van der Waals surface area contributed by atoms with Crippen LogP contribution in [0.4, 0.5) is 0 Å². The van der Waals surface area contributed by atoms with Gasteiger partial charge in [0, 0.05) is 25.7 Å². The number of hydrogen-bond acceptors (Lipinski definition) is 4. The van der Waals surface area contributed by atoms with Gasteiger partial charge in [0.1, 0.15) is 0 Å². The van der Waals surface area contributed by atoms with Crippen molar-refractivity contribution in [3.63, 3.8) is 0 Å². The number of methoxy groups -OCH3 is 1. The van der Waals surface area contributed by atoms with Gasteiger partial charge in [-0.15, -0.1) is 0 Å². The maximum Gasteiger partial charge on any atom is 0.254 e. The summed E-state index contributed by atoms with van der Waals surface area (Å²) in [5.74, 6) is 0.727. The number of benzene rings is 1. The maximum atomic E-state index is 12.4. The Hall–Kier alpha value is -2.08. The summed E-state index contributed by atoms with van der Waals surface area (Å²) in [6.45, 7) is 2.49. The molecule has 1 aliphatic heterocycles. The van der Waals surface area contributed by atoms with Gasteiger partial charge in [0.2, 0.25) is 5.88 Å². The minimum absolute atomic E-state index is 0.0276. The number of carbonyl (C=O) groups excluding carboxylic acids is 1. The molecular weight excluding hydrogens is 258 g/mol. The Morgan fingerprint density at radius 1 is 1.35 bits per heavy atom. The summed E-state index contributed by atoms with van der Waals surface area (Å²) < 4.78 is 12.2. The Balaban J connectivity index is 1.94. The lowest BCUT2D eigenvalue weighted by molar-refractivity contribution is 0.0303. The van der Waals surface area contributed by atoms with Gasteiger partial charge < -0.3 is 14.4 Å². The van der Waals surface area contributed by atoms with Gasteiger partial charge in [-0.25, -0.2) is 4.68 Å². The molecule has 1 aromatic heterocycles. The zero-order valence-electron chi connectivity index (χ0n) is 11.6. The molecule has 106 valence electrons. The monoisotopic (exact) mass is 275 g/mol. The van der Waals surface area contributed by atoms with Gasteiger partial charge in [-0.05, 0) is 18.2 Å². The average Bonchev–Trinajstić information content (AvgIpc) is 2.81. The molecule has 0 spiro atoms. The molecule has 0 aliphatic carbocycles. The molecule has 0 bridgehead atoms. The van der Waals surface area contributed by atoms with Crippen LogP contribution in [0.1, 0.15) is 10.4 Å². The van der Waals surface area contributed by atoms with E-state index < -0.39 is 0 Å². The minimum Gasteiger partial charge on any atom is -0.481 e. The third-order valence-electron chi connectivity index (χ3n) is 3.52. The lowest BCUT2D eigenvalue weighted by Crippen LogP contribution is -2.40. The van der Waals surface area contributed by atoms with Crippen LogP contribution < -0.4 is 4.74 Å². The number of fused-ring (bicyclic) bond motifs is 1. The molecule has 0 N–H and O–H groups in total. The summed E-state index contributed by atoms with van der Waals surface area (Å²) >= 11 is 0. The summed E-state index contributed by atoms with van der Waals surface area (Å²) in [7, 11) is 3.44. The van der Waals surface area contributed by atoms with Crippen molar-refractivity contribution in [1.29, 1.82) is 0 Å². The molecule has 20 heavy (non-hydrogen) atoms. The molecule has 6 nitrogen and oxygen atoms in total. The number of rotatable bonds is 2. The predicted octanol–water partition coefficient (Wildman–Crippen LogP) is 1.05. The van der Waals surface area contributed by atoms with Gasteiger partial charge in [-0.3, -0.25) is 4.79 Å². The molecule has 2 heterocycles. The van der Waals surface area contributed by atoms with E-state index in [4.69, 9.17) is 9.47 Å². The van der Waals surface area contributed by atoms with Crippen molar-refractivity contribution < 1.29 is 14.3 Å². The van der Waals surface area contributed by atoms with Crippen molar-refractivity contribution >= 4 is 16.8 Å². The molecule has 1 saturated heterocycles. The van der Waals surface area contributed by atoms with Gasteiger partial charge in [0.15, 0.2) is 0 Å². The summed E-state index contributed by atoms with van der Waals surface area (Å²) in [6.07, 6.45) is 0. The molecule has 0 saturated carbocycles. The van der Waals surface area contributed by atoms with Crippen molar-refractivity contribution in [2.45, 2.75) is 0 Å². The fraction of sp³-hybridized carbons (Fsp3) is 0.429. The van der Waals surface area contributed by atoms with Crippen LogP contribution in [0.2, 0.25) is 0 Å². The Kier molecular flexibility index (Phi) is 3.31. The smallest absolute Gasteiger partial charge is 0.254 e. The van der Waals surface area contributed by atoms with E-state index in [1.807, 2.05) is 30.1 Å². The topological polar surface area (TPSA) is 56.6 Å². The molecule has 2 aromatic rings. The lowest BCUT2D eigenvalue weighted by Gasteiger charge is -2.26. The Labute approximate surface area is 116 Å². The van der Waals surface area contributed by atoms with Crippen molar-refractivity contribution in [3.05, 3.63) is 23.8 Å². The quantitative estimate of drug-likeness (QED) is 0.822. The second-order valence-electron chi connectivity index (χ2n) is 4.77. The van der Waals surface area contributed by atoms with Crippen LogP contribution in [0.15, 0.2) is 18.2 Å². The van der Waals surface area contributed by atoms with E-state index >= 15 is 0 Å². The third-order valence-corrected chi connectivity index (χ3v) is 3.52. The van der Waals surface area contributed by atoms with Gasteiger partial charge in [-0.1, -0.05) is 0 Å². The van der Waals surface area contributed by atoms with E-state index in [1.165, 1.54) is 0 Å². The van der Waals surface area contributed by atoms with Gasteiger partial charge in [0.05, 0.1) is 31.2 Å². The highest BCUT2D eigenvalue weighted by Gasteiger charge is 2.19. The normalized spacial score (nSPS) is 15.6. The van der Waals surface area contributed by atoms with Gasteiger partial charge in [-0.2, -0.15) is 5.10 Å². The van der Waals surface area contributed by atoms with Crippen molar-refractivity contribution in [2.75, 3.05) is 33.4 Å². The van der Waals surface area contributed by atoms with Crippen LogP contribution in [0.5, 0.6) is 5.88 Å². The number of hydrogen-bond donors (Lipinski definition) is 0. The number of morpholine rings is 1. The van der Waals surface area contributed by atoms with Crippen molar-refractivity contribution in [1.82, 2.24) is 14.7 Å². The average molecular weight is 275 g/mol. The van der Waals surface area contributed by atoms with Crippen LogP contribution >= 0.6 is 0 Å². The van der Waals surface area contributed by atoms with Crippen LogP contribution in [0, 0.1) is 0 Å². The molecule has 1 fully saturated rings. The largest absolute Gasteiger partial charge is 0.481 e. The number of carbonyl (C=O) groups is 1. The molecule has 6 heteroatoms. The molecule has 1 amide bonds. The predicted molar refractivity (Wildman–Crippen MR) is 74.0 cm³/mol. The first-order valence-corrected chi connectivity index (χ1v) is 6.58. The maximum absolute atomic E-state index is 12.4. The van der Waals surface area contributed by atoms with Crippen molar-refractivity contribution in [2.24, 2.45) is 7.05 Å². The number of aromatic nitrogens is 2. The summed E-state index contributed by atoms with van der Waals surface area (Å²) in [4.78, 5) is 14.2. The SMILES string of the molecule is COc1c2ccc(C(=O)N3CCOCC3)cc2nn1C. The minimum atomic E-state index is 0.0276. The number of aryl methyl sites for hydroxylation is 1. The molecular formula is C14H17N3O3. The van der Waals surface area contributed by atoms with E-state index in [-0.39, 0.29) is 5.91 Å². The van der Waals surface area contributed by atoms with Crippen LogP contribution in [-0.4, -0.2) is 54.0 Å². The summed E-state index contributed by atoms with van der Waals surface area (Å²) in [5, 5.41) is 5.28. The zero-order valence-corrected chi connectivity index (χ0v) is 11.6. The zero-order chi connectivity index (χ0) is 14.1. The highest BCUT2D eigenvalue weighted by atomic mass is 16.5. The third kappa shape index (κ3) is 2.12. The standard InChI is InChI=1S/C14H17N3O3/c1-16-14(19-2)11-4-3-10(9-12(11)15-16)13(18)17-5-7-20-8-6-17/h3-4,9H,5-8H2,1-2H3. The highest BCUT2D eigenvalue weighted by Crippen LogP contribution is 2.25. The molecule has 3 rings (SSSR count). The first-order chi connectivity index (χ1) is 9.70. The second kappa shape index (κ2) is 5.13. The lowest BCUT2D eigenvalue weighted by atomic mass is 10.1. The summed E-state index contributed by atoms with van der Waals surface area (Å²) in [6, 6.07) is 5.52. The molecule has 0 unspecified atom stereocenters. The van der Waals surface area contributed by atoms with Crippen LogP contribution in [-0.2, 0) is 11.8 Å². The fourth-order valence-corrected chi connectivity index (χ4v) is 2.50. The first kappa shape index (κ1) is 12.9. The Morgan fingerprint density at radius 3 is 2.80 bits per heavy atom. The summed E-state index contributed by atoms with van der Waals surface area (Å²) in [5.41, 5.74) is 1.42. The first-order valence-electron chi connectivity index (χ1n) is 6.58. The number of amides is 1. The molecule has 0 radical (unpaired) electrons. The fourth-order valence-electron chi connectivity index (χ4n) is 2.50. The second-order valence-corrected chi connectivity index (χ2v) is 4.77. The number of nitrogens with zero attached hydrogens (tertiary/aromatic N) is 3. The van der Waals surface area contributed by atoms with Gasteiger partial charge >= 0.3 is 0 Å². The molecule has 1 aromatic carbocycles. The van der Waals surface area contributed by atoms with E-state index in [0.717, 1.165) is 10.9 Å². The van der Waals surface area contributed by atoms with E-state index in [1.54, 1.807) is 11.8 Å². The van der Waals surface area contributed by atoms with Crippen LogP contribution in [0.3, 0.4) is 0 Å². The Bertz CT molecular complexity index is 644. The van der Waals surface area contributed by atoms with Gasteiger partial charge in [0.25, 0.3) is 5.91 Å². The molecule has 0 atom stereocenters. The van der Waals surface area contributed by atoms with E-state index in [0.29, 0.717) is 37.7 Å². The highest BCUT2D eigenvalue weighted by molar-refractivity contribution is 5.98. The van der Waals surface area contributed by atoms with E-state index in [2.05, 4.69) is 5.10 Å². The van der Waals surface area contributed by atoms with E-state index in [9.17, 15) is 4.79 Å².